The van der Waals surface area contributed by atoms with Crippen LogP contribution in [-0.4, -0.2) is 37.5 Å². The Hall–Kier alpha value is -1.35. The van der Waals surface area contributed by atoms with Gasteiger partial charge in [0.1, 0.15) is 9.90 Å². The molecule has 0 fully saturated rings. The molecule has 0 spiro atoms. The van der Waals surface area contributed by atoms with E-state index in [1.54, 1.807) is 6.92 Å². The number of carbonyl (C=O) groups excluding carboxylic acids is 1. The van der Waals surface area contributed by atoms with Crippen LogP contribution in [0.5, 0.6) is 0 Å². The van der Waals surface area contributed by atoms with Crippen LogP contribution in [0.4, 0.5) is 10.8 Å². The van der Waals surface area contributed by atoms with Crippen LogP contribution in [0.25, 0.3) is 0 Å². The zero-order chi connectivity index (χ0) is 13.8. The number of aromatic nitrogens is 1. The summed E-state index contributed by atoms with van der Waals surface area (Å²) >= 11 is 0.933. The second-order valence-corrected chi connectivity index (χ2v) is 6.43. The maximum atomic E-state index is 11.8. The number of likely N-dealkylation sites (N-methyl/N-ethyl adjacent to an activating group) is 1. The average molecular weight is 292 g/mol. The molecule has 4 N–H and O–H groups in total. The predicted octanol–water partition coefficient (Wildman–Crippen LogP) is 0.0669. The van der Waals surface area contributed by atoms with Gasteiger partial charge in [-0.25, -0.2) is 8.42 Å². The van der Waals surface area contributed by atoms with Crippen LogP contribution in [0.3, 0.4) is 0 Å². The summed E-state index contributed by atoms with van der Waals surface area (Å²) in [6.07, 6.45) is 0. The molecule has 1 amide bonds. The SMILES string of the molecule is CCNC(=O)CNc1snc(N)c1S(=O)(=O)CC. The van der Waals surface area contributed by atoms with Crippen molar-refractivity contribution in [1.82, 2.24) is 9.69 Å². The Balaban J connectivity index is 2.89. The number of nitrogen functional groups attached to an aromatic ring is 1. The van der Waals surface area contributed by atoms with Crippen molar-refractivity contribution in [2.45, 2.75) is 18.7 Å². The molecule has 0 saturated heterocycles. The first-order chi connectivity index (χ1) is 8.42. The van der Waals surface area contributed by atoms with E-state index in [9.17, 15) is 13.2 Å². The van der Waals surface area contributed by atoms with Crippen LogP contribution in [0.15, 0.2) is 4.90 Å². The minimum atomic E-state index is -3.45. The van der Waals surface area contributed by atoms with Crippen molar-refractivity contribution in [1.29, 1.82) is 0 Å². The first-order valence-corrected chi connectivity index (χ1v) is 7.83. The Kier molecular flexibility index (Phi) is 4.91. The Morgan fingerprint density at radius 1 is 1.44 bits per heavy atom. The standard InChI is InChI=1S/C9H16N4O3S2/c1-3-11-6(14)5-12-9-7(8(10)13-17-9)18(15,16)4-2/h12H,3-5H2,1-2H3,(H2,10,13)(H,11,14). The third kappa shape index (κ3) is 3.33. The molecule has 0 aliphatic rings. The van der Waals surface area contributed by atoms with Crippen molar-refractivity contribution in [2.24, 2.45) is 0 Å². The molecule has 18 heavy (non-hydrogen) atoms. The summed E-state index contributed by atoms with van der Waals surface area (Å²) in [5.41, 5.74) is 5.55. The smallest absolute Gasteiger partial charge is 0.239 e. The number of hydrogen-bond donors (Lipinski definition) is 3. The van der Waals surface area contributed by atoms with Crippen molar-refractivity contribution in [3.63, 3.8) is 0 Å². The van der Waals surface area contributed by atoms with Crippen LogP contribution in [0, 0.1) is 0 Å². The summed E-state index contributed by atoms with van der Waals surface area (Å²) in [5.74, 6) is -0.310. The van der Waals surface area contributed by atoms with Crippen molar-refractivity contribution in [3.8, 4) is 0 Å². The van der Waals surface area contributed by atoms with Crippen LogP contribution < -0.4 is 16.4 Å². The monoisotopic (exact) mass is 292 g/mol. The lowest BCUT2D eigenvalue weighted by molar-refractivity contribution is -0.119. The van der Waals surface area contributed by atoms with Gasteiger partial charge in [-0.3, -0.25) is 4.79 Å². The van der Waals surface area contributed by atoms with Gasteiger partial charge in [-0.15, -0.1) is 0 Å². The molecule has 0 unspecified atom stereocenters. The molecule has 1 aromatic rings. The largest absolute Gasteiger partial charge is 0.382 e. The fourth-order valence-corrected chi connectivity index (χ4v) is 3.43. The number of amides is 1. The second kappa shape index (κ2) is 6.01. The zero-order valence-corrected chi connectivity index (χ0v) is 11.8. The molecule has 0 aromatic carbocycles. The number of nitrogens with zero attached hydrogens (tertiary/aromatic N) is 1. The number of rotatable bonds is 6. The molecular formula is C9H16N4O3S2. The van der Waals surface area contributed by atoms with Gasteiger partial charge >= 0.3 is 0 Å². The molecule has 0 atom stereocenters. The maximum Gasteiger partial charge on any atom is 0.239 e. The summed E-state index contributed by atoms with van der Waals surface area (Å²) in [6.45, 7) is 3.84. The van der Waals surface area contributed by atoms with Gasteiger partial charge < -0.3 is 16.4 Å². The second-order valence-electron chi connectivity index (χ2n) is 3.44. The molecule has 102 valence electrons. The van der Waals surface area contributed by atoms with Crippen molar-refractivity contribution < 1.29 is 13.2 Å². The molecule has 9 heteroatoms. The molecule has 1 aromatic heterocycles. The molecule has 0 saturated carbocycles. The topological polar surface area (TPSA) is 114 Å². The molecule has 7 nitrogen and oxygen atoms in total. The van der Waals surface area contributed by atoms with Crippen LogP contribution in [-0.2, 0) is 14.6 Å². The zero-order valence-electron chi connectivity index (χ0n) is 10.2. The van der Waals surface area contributed by atoms with E-state index in [-0.39, 0.29) is 28.9 Å². The van der Waals surface area contributed by atoms with Gasteiger partial charge in [-0.2, -0.15) is 4.37 Å². The molecule has 0 radical (unpaired) electrons. The lowest BCUT2D eigenvalue weighted by Crippen LogP contribution is -2.29. The van der Waals surface area contributed by atoms with E-state index in [1.807, 2.05) is 0 Å². The Labute approximate surface area is 110 Å². The minimum absolute atomic E-state index is 0.0122. The van der Waals surface area contributed by atoms with E-state index in [0.29, 0.717) is 11.5 Å². The van der Waals surface area contributed by atoms with Crippen LogP contribution in [0.1, 0.15) is 13.8 Å². The van der Waals surface area contributed by atoms with Crippen molar-refractivity contribution in [2.75, 3.05) is 29.9 Å². The highest BCUT2D eigenvalue weighted by molar-refractivity contribution is 7.91. The van der Waals surface area contributed by atoms with Gasteiger partial charge in [0.15, 0.2) is 15.7 Å². The highest BCUT2D eigenvalue weighted by atomic mass is 32.2. The number of nitrogens with two attached hydrogens (primary N) is 1. The average Bonchev–Trinajstić information content (AvgIpc) is 2.69. The molecule has 1 rings (SSSR count). The normalized spacial score (nSPS) is 11.2. The van der Waals surface area contributed by atoms with E-state index < -0.39 is 9.84 Å². The molecule has 0 aliphatic carbocycles. The quantitative estimate of drug-likeness (QED) is 0.683. The lowest BCUT2D eigenvalue weighted by Gasteiger charge is -2.06. The fraction of sp³-hybridized carbons (Fsp3) is 0.556. The van der Waals surface area contributed by atoms with Gasteiger partial charge in [0.2, 0.25) is 5.91 Å². The van der Waals surface area contributed by atoms with Gasteiger partial charge in [-0.05, 0) is 18.5 Å². The first kappa shape index (κ1) is 14.7. The third-order valence-electron chi connectivity index (χ3n) is 2.15. The Morgan fingerprint density at radius 3 is 2.67 bits per heavy atom. The van der Waals surface area contributed by atoms with Gasteiger partial charge in [0, 0.05) is 6.54 Å². The van der Waals surface area contributed by atoms with Crippen LogP contribution >= 0.6 is 11.5 Å². The maximum absolute atomic E-state index is 11.8. The molecule has 0 aliphatic heterocycles. The highest BCUT2D eigenvalue weighted by Gasteiger charge is 2.23. The van der Waals surface area contributed by atoms with E-state index in [2.05, 4.69) is 15.0 Å². The Bertz CT molecular complexity index is 524. The van der Waals surface area contributed by atoms with Crippen molar-refractivity contribution >= 4 is 38.1 Å². The van der Waals surface area contributed by atoms with E-state index in [4.69, 9.17) is 5.73 Å². The third-order valence-corrected chi connectivity index (χ3v) is 4.89. The first-order valence-electron chi connectivity index (χ1n) is 5.40. The minimum Gasteiger partial charge on any atom is -0.382 e. The summed E-state index contributed by atoms with van der Waals surface area (Å²) in [5, 5.41) is 5.65. The van der Waals surface area contributed by atoms with E-state index in [0.717, 1.165) is 11.5 Å². The van der Waals surface area contributed by atoms with Gasteiger partial charge in [-0.1, -0.05) is 6.92 Å². The highest BCUT2D eigenvalue weighted by Crippen LogP contribution is 2.31. The number of anilines is 2. The van der Waals surface area contributed by atoms with Gasteiger partial charge in [0.25, 0.3) is 0 Å². The Morgan fingerprint density at radius 2 is 2.11 bits per heavy atom. The fourth-order valence-electron chi connectivity index (χ4n) is 1.27. The van der Waals surface area contributed by atoms with E-state index in [1.165, 1.54) is 6.92 Å². The number of nitrogens with one attached hydrogen (secondary N) is 2. The predicted molar refractivity (Wildman–Crippen MR) is 71.4 cm³/mol. The van der Waals surface area contributed by atoms with E-state index >= 15 is 0 Å². The summed E-state index contributed by atoms with van der Waals surface area (Å²) in [7, 11) is -3.45. The summed E-state index contributed by atoms with van der Waals surface area (Å²) in [4.78, 5) is 11.3. The van der Waals surface area contributed by atoms with Crippen molar-refractivity contribution in [3.05, 3.63) is 0 Å². The number of carbonyl (C=O) groups is 1. The molecule has 1 heterocycles. The van der Waals surface area contributed by atoms with Crippen LogP contribution in [0.2, 0.25) is 0 Å². The molecule has 0 bridgehead atoms. The summed E-state index contributed by atoms with van der Waals surface area (Å²) in [6, 6.07) is 0. The molecular weight excluding hydrogens is 276 g/mol. The number of hydrogen-bond acceptors (Lipinski definition) is 7. The lowest BCUT2D eigenvalue weighted by atomic mass is 10.5. The summed E-state index contributed by atoms with van der Waals surface area (Å²) < 4.78 is 27.4. The van der Waals surface area contributed by atoms with Gasteiger partial charge in [0.05, 0.1) is 12.3 Å². The number of sulfone groups is 1.